The molecule has 0 aliphatic heterocycles. The molecular weight excluding hydrogens is 496 g/mol. The Morgan fingerprint density at radius 3 is 2.71 bits per heavy atom. The van der Waals surface area contributed by atoms with E-state index in [4.69, 9.17) is 9.15 Å². The molecule has 0 atom stereocenters. The van der Waals surface area contributed by atoms with Crippen molar-refractivity contribution in [1.29, 1.82) is 0 Å². The minimum atomic E-state index is -0.369. The molecule has 0 radical (unpaired) electrons. The highest BCUT2D eigenvalue weighted by Crippen LogP contribution is 2.37. The number of halogens is 2. The molecule has 0 aliphatic carbocycles. The van der Waals surface area contributed by atoms with Crippen LogP contribution in [0.5, 0.6) is 5.75 Å². The van der Waals surface area contributed by atoms with Gasteiger partial charge < -0.3 is 9.15 Å². The van der Waals surface area contributed by atoms with Gasteiger partial charge in [-0.2, -0.15) is 0 Å². The summed E-state index contributed by atoms with van der Waals surface area (Å²) in [6.45, 7) is 1.38. The third-order valence-corrected chi connectivity index (χ3v) is 4.20. The van der Waals surface area contributed by atoms with Crippen LogP contribution in [0.4, 0.5) is 0 Å². The molecule has 0 fully saturated rings. The SMILES string of the molecule is CC(=O)Oc1c(I)cc(I)cc1-c1nc2ccccc2o1. The highest BCUT2D eigenvalue weighted by atomic mass is 127. The molecule has 106 valence electrons. The van der Waals surface area contributed by atoms with Gasteiger partial charge in [-0.3, -0.25) is 4.79 Å². The zero-order valence-corrected chi connectivity index (χ0v) is 15.2. The maximum Gasteiger partial charge on any atom is 0.308 e. The van der Waals surface area contributed by atoms with E-state index < -0.39 is 0 Å². The van der Waals surface area contributed by atoms with Crippen LogP contribution < -0.4 is 4.74 Å². The Morgan fingerprint density at radius 1 is 1.24 bits per heavy atom. The van der Waals surface area contributed by atoms with Crippen LogP contribution >= 0.6 is 45.2 Å². The first-order valence-corrected chi connectivity index (χ1v) is 8.24. The van der Waals surface area contributed by atoms with E-state index in [2.05, 4.69) is 50.2 Å². The van der Waals surface area contributed by atoms with Crippen LogP contribution in [-0.4, -0.2) is 11.0 Å². The minimum Gasteiger partial charge on any atom is -0.436 e. The van der Waals surface area contributed by atoms with E-state index in [-0.39, 0.29) is 5.97 Å². The summed E-state index contributed by atoms with van der Waals surface area (Å²) in [6.07, 6.45) is 0. The van der Waals surface area contributed by atoms with Gasteiger partial charge in [0.2, 0.25) is 5.89 Å². The number of carbonyl (C=O) groups excluding carboxylic acids is 1. The fourth-order valence-electron chi connectivity index (χ4n) is 1.95. The molecule has 0 amide bonds. The molecule has 3 rings (SSSR count). The summed E-state index contributed by atoms with van der Waals surface area (Å²) in [5.74, 6) is 0.561. The van der Waals surface area contributed by atoms with Gasteiger partial charge in [0.05, 0.1) is 9.13 Å². The van der Waals surface area contributed by atoms with Crippen LogP contribution in [-0.2, 0) is 4.79 Å². The maximum atomic E-state index is 11.3. The smallest absolute Gasteiger partial charge is 0.308 e. The quantitative estimate of drug-likeness (QED) is 0.290. The molecule has 4 nitrogen and oxygen atoms in total. The average Bonchev–Trinajstić information content (AvgIpc) is 2.84. The van der Waals surface area contributed by atoms with E-state index in [0.29, 0.717) is 22.8 Å². The fraction of sp³-hybridized carbons (Fsp3) is 0.0667. The van der Waals surface area contributed by atoms with Crippen molar-refractivity contribution in [2.24, 2.45) is 0 Å². The molecule has 0 saturated heterocycles. The number of ether oxygens (including phenoxy) is 1. The number of fused-ring (bicyclic) bond motifs is 1. The number of hydrogen-bond acceptors (Lipinski definition) is 4. The van der Waals surface area contributed by atoms with Crippen molar-refractivity contribution >= 4 is 62.3 Å². The lowest BCUT2D eigenvalue weighted by molar-refractivity contribution is -0.131. The molecule has 1 heterocycles. The van der Waals surface area contributed by atoms with Crippen molar-refractivity contribution in [2.75, 3.05) is 0 Å². The molecule has 0 spiro atoms. The Hall–Kier alpha value is -1.16. The average molecular weight is 505 g/mol. The number of benzene rings is 2. The summed E-state index contributed by atoms with van der Waals surface area (Å²) < 4.78 is 13.0. The van der Waals surface area contributed by atoms with Gasteiger partial charge in [0.15, 0.2) is 11.3 Å². The number of para-hydroxylation sites is 2. The van der Waals surface area contributed by atoms with Gasteiger partial charge in [-0.15, -0.1) is 0 Å². The number of nitrogens with zero attached hydrogens (tertiary/aromatic N) is 1. The molecule has 3 aromatic rings. The highest BCUT2D eigenvalue weighted by molar-refractivity contribution is 14.1. The lowest BCUT2D eigenvalue weighted by Gasteiger charge is -2.09. The van der Waals surface area contributed by atoms with Crippen LogP contribution in [0.2, 0.25) is 0 Å². The first-order valence-electron chi connectivity index (χ1n) is 6.08. The predicted molar refractivity (Wildman–Crippen MR) is 96.2 cm³/mol. The van der Waals surface area contributed by atoms with E-state index in [1.807, 2.05) is 36.4 Å². The Labute approximate surface area is 148 Å². The molecular formula is C15H9I2NO3. The van der Waals surface area contributed by atoms with Crippen molar-refractivity contribution in [1.82, 2.24) is 4.98 Å². The summed E-state index contributed by atoms with van der Waals surface area (Å²) in [7, 11) is 0. The second-order valence-electron chi connectivity index (χ2n) is 4.34. The normalized spacial score (nSPS) is 10.8. The van der Waals surface area contributed by atoms with Crippen LogP contribution in [0.1, 0.15) is 6.92 Å². The van der Waals surface area contributed by atoms with Crippen LogP contribution in [0.15, 0.2) is 40.8 Å². The molecule has 6 heteroatoms. The number of carbonyl (C=O) groups is 1. The molecule has 0 unspecified atom stereocenters. The summed E-state index contributed by atoms with van der Waals surface area (Å²) in [4.78, 5) is 15.8. The van der Waals surface area contributed by atoms with Crippen LogP contribution in [0, 0.1) is 7.14 Å². The Bertz CT molecular complexity index is 809. The predicted octanol–water partition coefficient (Wildman–Crippen LogP) is 4.63. The molecule has 2 aromatic carbocycles. The number of hydrogen-bond donors (Lipinski definition) is 0. The summed E-state index contributed by atoms with van der Waals surface area (Å²) >= 11 is 4.35. The van der Waals surface area contributed by atoms with Crippen LogP contribution in [0.3, 0.4) is 0 Å². The Balaban J connectivity index is 2.22. The third kappa shape index (κ3) is 3.05. The Kier molecular flexibility index (Phi) is 4.16. The zero-order chi connectivity index (χ0) is 15.0. The van der Waals surface area contributed by atoms with Gasteiger partial charge in [-0.25, -0.2) is 4.98 Å². The second kappa shape index (κ2) is 5.91. The standard InChI is InChI=1S/C15H9I2NO3/c1-8(19)20-14-10(6-9(16)7-11(14)17)15-18-12-4-2-3-5-13(12)21-15/h2-7H,1H3. The van der Waals surface area contributed by atoms with Crippen LogP contribution in [0.25, 0.3) is 22.6 Å². The first-order chi connectivity index (χ1) is 10.0. The van der Waals surface area contributed by atoms with E-state index in [1.165, 1.54) is 6.92 Å². The van der Waals surface area contributed by atoms with Crippen molar-refractivity contribution in [3.8, 4) is 17.2 Å². The lowest BCUT2D eigenvalue weighted by atomic mass is 10.2. The molecule has 1 aromatic heterocycles. The maximum absolute atomic E-state index is 11.3. The molecule has 0 N–H and O–H groups in total. The van der Waals surface area contributed by atoms with Gasteiger partial charge in [-0.1, -0.05) is 12.1 Å². The molecule has 21 heavy (non-hydrogen) atoms. The number of rotatable bonds is 2. The zero-order valence-electron chi connectivity index (χ0n) is 10.9. The monoisotopic (exact) mass is 505 g/mol. The van der Waals surface area contributed by atoms with Gasteiger partial charge in [0, 0.05) is 10.5 Å². The van der Waals surface area contributed by atoms with Crippen molar-refractivity contribution in [3.05, 3.63) is 43.5 Å². The van der Waals surface area contributed by atoms with Gasteiger partial charge in [-0.05, 0) is 69.4 Å². The lowest BCUT2D eigenvalue weighted by Crippen LogP contribution is -2.04. The second-order valence-corrected chi connectivity index (χ2v) is 6.75. The minimum absolute atomic E-state index is 0.369. The van der Waals surface area contributed by atoms with Crippen molar-refractivity contribution in [2.45, 2.75) is 6.92 Å². The summed E-state index contributed by atoms with van der Waals surface area (Å²) in [5, 5.41) is 0. The van der Waals surface area contributed by atoms with E-state index in [9.17, 15) is 4.79 Å². The first kappa shape index (κ1) is 14.8. The van der Waals surface area contributed by atoms with Gasteiger partial charge in [0.25, 0.3) is 0 Å². The fourth-order valence-corrected chi connectivity index (χ4v) is 3.91. The van der Waals surface area contributed by atoms with E-state index >= 15 is 0 Å². The molecule has 0 bridgehead atoms. The molecule has 0 saturated carbocycles. The summed E-state index contributed by atoms with van der Waals surface area (Å²) in [6, 6.07) is 11.4. The molecule has 0 aliphatic rings. The van der Waals surface area contributed by atoms with Gasteiger partial charge in [0.1, 0.15) is 5.52 Å². The van der Waals surface area contributed by atoms with Gasteiger partial charge >= 0.3 is 5.97 Å². The Morgan fingerprint density at radius 2 is 2.00 bits per heavy atom. The van der Waals surface area contributed by atoms with E-state index in [1.54, 1.807) is 0 Å². The van der Waals surface area contributed by atoms with E-state index in [0.717, 1.165) is 12.7 Å². The van der Waals surface area contributed by atoms with Crippen molar-refractivity contribution in [3.63, 3.8) is 0 Å². The number of oxazole rings is 1. The van der Waals surface area contributed by atoms with Crippen molar-refractivity contribution < 1.29 is 13.9 Å². The largest absolute Gasteiger partial charge is 0.436 e. The number of esters is 1. The number of aromatic nitrogens is 1. The third-order valence-electron chi connectivity index (χ3n) is 2.78. The highest BCUT2D eigenvalue weighted by Gasteiger charge is 2.18. The summed E-state index contributed by atoms with van der Waals surface area (Å²) in [5.41, 5.74) is 2.16. The topological polar surface area (TPSA) is 52.3 Å².